The van der Waals surface area contributed by atoms with E-state index in [2.05, 4.69) is 4.98 Å². The first-order chi connectivity index (χ1) is 5.70. The first-order valence-electron chi connectivity index (χ1n) is 3.50. The van der Waals surface area contributed by atoms with Crippen LogP contribution in [0.5, 0.6) is 0 Å². The summed E-state index contributed by atoms with van der Waals surface area (Å²) in [6.07, 6.45) is 1.82. The van der Waals surface area contributed by atoms with E-state index in [9.17, 15) is 9.90 Å². The molecule has 64 valence electrons. The largest absolute Gasteiger partial charge is 0.481 e. The zero-order chi connectivity index (χ0) is 8.97. The average molecular weight is 167 g/mol. The van der Waals surface area contributed by atoms with Crippen LogP contribution in [0.15, 0.2) is 24.5 Å². The Hall–Kier alpha value is -1.42. The van der Waals surface area contributed by atoms with Gasteiger partial charge in [-0.1, -0.05) is 0 Å². The Morgan fingerprint density at radius 3 is 2.58 bits per heavy atom. The fourth-order valence-corrected chi connectivity index (χ4v) is 0.869. The van der Waals surface area contributed by atoms with Crippen LogP contribution in [0.25, 0.3) is 0 Å². The summed E-state index contributed by atoms with van der Waals surface area (Å²) >= 11 is 0. The molecule has 0 bridgehead atoms. The van der Waals surface area contributed by atoms with Gasteiger partial charge in [0.25, 0.3) is 0 Å². The maximum Gasteiger partial charge on any atom is 0.306 e. The number of hydrogen-bond acceptors (Lipinski definition) is 3. The third kappa shape index (κ3) is 2.32. The number of aliphatic carboxylic acids is 1. The summed E-state index contributed by atoms with van der Waals surface area (Å²) in [5.41, 5.74) is 0.576. The molecule has 0 fully saturated rings. The molecule has 0 spiro atoms. The van der Waals surface area contributed by atoms with Crippen molar-refractivity contribution in [3.05, 3.63) is 30.1 Å². The molecule has 1 atom stereocenters. The Kier molecular flexibility index (Phi) is 2.76. The van der Waals surface area contributed by atoms with E-state index in [4.69, 9.17) is 5.11 Å². The molecule has 0 aliphatic carbocycles. The normalized spacial score (nSPS) is 12.4. The monoisotopic (exact) mass is 167 g/mol. The Bertz CT molecular complexity index is 260. The van der Waals surface area contributed by atoms with Crippen LogP contribution < -0.4 is 0 Å². The molecule has 4 nitrogen and oxygen atoms in total. The van der Waals surface area contributed by atoms with Gasteiger partial charge in [0, 0.05) is 12.4 Å². The highest BCUT2D eigenvalue weighted by Gasteiger charge is 2.10. The number of aliphatic hydroxyl groups is 1. The minimum Gasteiger partial charge on any atom is -0.481 e. The van der Waals surface area contributed by atoms with Crippen molar-refractivity contribution >= 4 is 5.97 Å². The van der Waals surface area contributed by atoms with Gasteiger partial charge in [0.15, 0.2) is 0 Å². The standard InChI is InChI=1S/C8H9NO3/c10-7(5-8(11)12)6-1-3-9-4-2-6/h1-4,7,10H,5H2,(H,11,12). The predicted octanol–water partition coefficient (Wildman–Crippen LogP) is 0.590. The van der Waals surface area contributed by atoms with Crippen LogP contribution in [0.1, 0.15) is 18.1 Å². The zero-order valence-corrected chi connectivity index (χ0v) is 6.34. The van der Waals surface area contributed by atoms with Crippen molar-refractivity contribution in [1.29, 1.82) is 0 Å². The Morgan fingerprint density at radius 1 is 1.50 bits per heavy atom. The van der Waals surface area contributed by atoms with Gasteiger partial charge in [-0.3, -0.25) is 9.78 Å². The average Bonchev–Trinajstić information content (AvgIpc) is 2.05. The molecule has 1 aromatic heterocycles. The van der Waals surface area contributed by atoms with Crippen LogP contribution in [0.2, 0.25) is 0 Å². The van der Waals surface area contributed by atoms with E-state index < -0.39 is 12.1 Å². The number of aliphatic hydroxyl groups excluding tert-OH is 1. The van der Waals surface area contributed by atoms with Gasteiger partial charge >= 0.3 is 5.97 Å². The van der Waals surface area contributed by atoms with Crippen molar-refractivity contribution in [2.75, 3.05) is 0 Å². The highest BCUT2D eigenvalue weighted by Crippen LogP contribution is 2.14. The van der Waals surface area contributed by atoms with E-state index in [0.717, 1.165) is 0 Å². The first-order valence-corrected chi connectivity index (χ1v) is 3.50. The molecule has 0 saturated carbocycles. The SMILES string of the molecule is O=C(O)CC(O)c1ccncc1. The molecule has 0 amide bonds. The van der Waals surface area contributed by atoms with Crippen molar-refractivity contribution < 1.29 is 15.0 Å². The number of hydrogen-bond donors (Lipinski definition) is 2. The maximum atomic E-state index is 10.2. The van der Waals surface area contributed by atoms with Crippen LogP contribution in [-0.2, 0) is 4.79 Å². The van der Waals surface area contributed by atoms with Gasteiger partial charge in [-0.2, -0.15) is 0 Å². The summed E-state index contributed by atoms with van der Waals surface area (Å²) in [6.45, 7) is 0. The molecule has 1 heterocycles. The van der Waals surface area contributed by atoms with Gasteiger partial charge in [0.2, 0.25) is 0 Å². The molecule has 1 aromatic rings. The topological polar surface area (TPSA) is 70.4 Å². The van der Waals surface area contributed by atoms with Crippen LogP contribution >= 0.6 is 0 Å². The number of nitrogens with zero attached hydrogens (tertiary/aromatic N) is 1. The van der Waals surface area contributed by atoms with E-state index in [1.54, 1.807) is 12.1 Å². The molecule has 0 saturated heterocycles. The Labute approximate surface area is 69.5 Å². The first kappa shape index (κ1) is 8.67. The number of carbonyl (C=O) groups is 1. The van der Waals surface area contributed by atoms with E-state index in [-0.39, 0.29) is 6.42 Å². The van der Waals surface area contributed by atoms with Crippen molar-refractivity contribution in [1.82, 2.24) is 4.98 Å². The molecule has 0 aromatic carbocycles. The van der Waals surface area contributed by atoms with Gasteiger partial charge in [-0.15, -0.1) is 0 Å². The number of rotatable bonds is 3. The van der Waals surface area contributed by atoms with Crippen LogP contribution in [0.3, 0.4) is 0 Å². The summed E-state index contributed by atoms with van der Waals surface area (Å²) in [5, 5.41) is 17.7. The molecule has 4 heteroatoms. The second-order valence-electron chi connectivity index (χ2n) is 2.39. The van der Waals surface area contributed by atoms with E-state index >= 15 is 0 Å². The lowest BCUT2D eigenvalue weighted by molar-refractivity contribution is -0.139. The minimum atomic E-state index is -1.01. The smallest absolute Gasteiger partial charge is 0.306 e. The predicted molar refractivity (Wildman–Crippen MR) is 41.4 cm³/mol. The maximum absolute atomic E-state index is 10.2. The van der Waals surface area contributed by atoms with Gasteiger partial charge in [0.1, 0.15) is 0 Å². The number of pyridine rings is 1. The molecule has 2 N–H and O–H groups in total. The Balaban J connectivity index is 2.65. The Morgan fingerprint density at radius 2 is 2.08 bits per heavy atom. The lowest BCUT2D eigenvalue weighted by Gasteiger charge is -2.06. The third-order valence-electron chi connectivity index (χ3n) is 1.46. The molecule has 0 aliphatic heterocycles. The van der Waals surface area contributed by atoms with Crippen molar-refractivity contribution in [2.24, 2.45) is 0 Å². The van der Waals surface area contributed by atoms with Crippen molar-refractivity contribution in [2.45, 2.75) is 12.5 Å². The van der Waals surface area contributed by atoms with Crippen molar-refractivity contribution in [3.63, 3.8) is 0 Å². The summed E-state index contributed by atoms with van der Waals surface area (Å²) in [4.78, 5) is 14.0. The summed E-state index contributed by atoms with van der Waals surface area (Å²) in [6, 6.07) is 3.18. The summed E-state index contributed by atoms with van der Waals surface area (Å²) in [5.74, 6) is -1.01. The fourth-order valence-electron chi connectivity index (χ4n) is 0.869. The second-order valence-corrected chi connectivity index (χ2v) is 2.39. The summed E-state index contributed by atoms with van der Waals surface area (Å²) < 4.78 is 0. The zero-order valence-electron chi connectivity index (χ0n) is 6.34. The van der Waals surface area contributed by atoms with Gasteiger partial charge in [-0.05, 0) is 17.7 Å². The lowest BCUT2D eigenvalue weighted by atomic mass is 10.1. The molecule has 12 heavy (non-hydrogen) atoms. The lowest BCUT2D eigenvalue weighted by Crippen LogP contribution is -2.05. The highest BCUT2D eigenvalue weighted by molar-refractivity contribution is 5.67. The van der Waals surface area contributed by atoms with Gasteiger partial charge < -0.3 is 10.2 Å². The number of carboxylic acids is 1. The molecule has 1 rings (SSSR count). The second kappa shape index (κ2) is 3.82. The van der Waals surface area contributed by atoms with Gasteiger partial charge in [0.05, 0.1) is 12.5 Å². The van der Waals surface area contributed by atoms with Crippen molar-refractivity contribution in [3.8, 4) is 0 Å². The molecular formula is C8H9NO3. The third-order valence-corrected chi connectivity index (χ3v) is 1.46. The number of carboxylic acid groups (broad SMARTS) is 1. The molecule has 0 aliphatic rings. The highest BCUT2D eigenvalue weighted by atomic mass is 16.4. The van der Waals surface area contributed by atoms with E-state index in [0.29, 0.717) is 5.56 Å². The quantitative estimate of drug-likeness (QED) is 0.691. The summed E-state index contributed by atoms with van der Waals surface area (Å²) in [7, 11) is 0. The van der Waals surface area contributed by atoms with E-state index in [1.165, 1.54) is 12.4 Å². The van der Waals surface area contributed by atoms with E-state index in [1.807, 2.05) is 0 Å². The fraction of sp³-hybridized carbons (Fsp3) is 0.250. The van der Waals surface area contributed by atoms with Gasteiger partial charge in [-0.25, -0.2) is 0 Å². The molecule has 0 radical (unpaired) electrons. The molecular weight excluding hydrogens is 158 g/mol. The van der Waals surface area contributed by atoms with Crippen LogP contribution in [-0.4, -0.2) is 21.2 Å². The number of aromatic nitrogens is 1. The minimum absolute atomic E-state index is 0.274. The molecule has 1 unspecified atom stereocenters. The van der Waals surface area contributed by atoms with Crippen LogP contribution in [0, 0.1) is 0 Å². The van der Waals surface area contributed by atoms with Crippen LogP contribution in [0.4, 0.5) is 0 Å².